The van der Waals surface area contributed by atoms with Crippen LogP contribution in [0.4, 0.5) is 0 Å². The van der Waals surface area contributed by atoms with Gasteiger partial charge in [-0.1, -0.05) is 47.6 Å². The van der Waals surface area contributed by atoms with E-state index in [-0.39, 0.29) is 0 Å². The summed E-state index contributed by atoms with van der Waals surface area (Å²) in [5.74, 6) is 2.41. The molecule has 23 heavy (non-hydrogen) atoms. The van der Waals surface area contributed by atoms with Gasteiger partial charge in [-0.2, -0.15) is 0 Å². The van der Waals surface area contributed by atoms with Gasteiger partial charge in [0.1, 0.15) is 11.0 Å². The second kappa shape index (κ2) is 6.34. The molecule has 4 nitrogen and oxygen atoms in total. The number of rotatable bonds is 5. The first-order valence-corrected chi connectivity index (χ1v) is 8.91. The Morgan fingerprint density at radius 3 is 2.65 bits per heavy atom. The minimum atomic E-state index is 0.515. The first-order chi connectivity index (χ1) is 11.3. The molecule has 1 fully saturated rings. The monoisotopic (exact) mass is 342 g/mol. The first kappa shape index (κ1) is 14.7. The summed E-state index contributed by atoms with van der Waals surface area (Å²) in [7, 11) is 0. The molecule has 2 heterocycles. The van der Waals surface area contributed by atoms with Gasteiger partial charge in [0.15, 0.2) is 0 Å². The van der Waals surface area contributed by atoms with Crippen molar-refractivity contribution < 1.29 is 0 Å². The molecule has 116 valence electrons. The summed E-state index contributed by atoms with van der Waals surface area (Å²) in [6.07, 6.45) is 4.21. The van der Waals surface area contributed by atoms with E-state index in [1.165, 1.54) is 12.8 Å². The van der Waals surface area contributed by atoms with Gasteiger partial charge in [-0.3, -0.25) is 0 Å². The van der Waals surface area contributed by atoms with Crippen LogP contribution >= 0.6 is 23.4 Å². The van der Waals surface area contributed by atoms with E-state index in [9.17, 15) is 0 Å². The van der Waals surface area contributed by atoms with Crippen molar-refractivity contribution >= 4 is 23.4 Å². The van der Waals surface area contributed by atoms with Gasteiger partial charge >= 0.3 is 0 Å². The molecule has 2 aromatic heterocycles. The normalized spacial score (nSPS) is 14.1. The van der Waals surface area contributed by atoms with E-state index in [0.29, 0.717) is 11.1 Å². The van der Waals surface area contributed by atoms with Crippen molar-refractivity contribution in [2.75, 3.05) is 0 Å². The van der Waals surface area contributed by atoms with Gasteiger partial charge in [0, 0.05) is 17.9 Å². The Morgan fingerprint density at radius 2 is 1.96 bits per heavy atom. The maximum absolute atomic E-state index is 5.82. The quantitative estimate of drug-likeness (QED) is 0.506. The van der Waals surface area contributed by atoms with Crippen molar-refractivity contribution in [3.05, 3.63) is 65.2 Å². The highest BCUT2D eigenvalue weighted by Crippen LogP contribution is 2.40. The minimum Gasteiger partial charge on any atom is -0.244 e. The number of para-hydroxylation sites is 1. The second-order valence-corrected chi connectivity index (χ2v) is 6.88. The summed E-state index contributed by atoms with van der Waals surface area (Å²) in [5, 5.41) is 6.02. The molecule has 0 atom stereocenters. The van der Waals surface area contributed by atoms with Crippen LogP contribution < -0.4 is 0 Å². The van der Waals surface area contributed by atoms with E-state index in [4.69, 9.17) is 21.7 Å². The average Bonchev–Trinajstić information content (AvgIpc) is 3.35. The Labute approximate surface area is 143 Å². The lowest BCUT2D eigenvalue weighted by molar-refractivity contribution is 0.782. The second-order valence-electron chi connectivity index (χ2n) is 5.55. The number of thioether (sulfide) groups is 1. The van der Waals surface area contributed by atoms with E-state index in [1.807, 2.05) is 35.0 Å². The number of nitrogens with zero attached hydrogens (tertiary/aromatic N) is 4. The van der Waals surface area contributed by atoms with Gasteiger partial charge in [0.05, 0.1) is 5.69 Å². The van der Waals surface area contributed by atoms with Crippen molar-refractivity contribution in [2.24, 2.45) is 0 Å². The Hall–Kier alpha value is -1.85. The summed E-state index contributed by atoms with van der Waals surface area (Å²) in [5.41, 5.74) is 2.19. The van der Waals surface area contributed by atoms with Crippen LogP contribution in [0, 0.1) is 0 Å². The third-order valence-corrected chi connectivity index (χ3v) is 4.84. The molecule has 0 bridgehead atoms. The molecule has 1 aliphatic carbocycles. The molecule has 0 amide bonds. The van der Waals surface area contributed by atoms with Crippen LogP contribution in [0.15, 0.2) is 53.8 Å². The molecule has 3 aromatic rings. The van der Waals surface area contributed by atoms with E-state index in [0.717, 1.165) is 28.0 Å². The lowest BCUT2D eigenvalue weighted by atomic mass is 10.3. The predicted octanol–water partition coefficient (Wildman–Crippen LogP) is 4.49. The molecule has 0 N–H and O–H groups in total. The number of hydrogen-bond donors (Lipinski definition) is 0. The van der Waals surface area contributed by atoms with Crippen LogP contribution in [0.3, 0.4) is 0 Å². The number of pyridine rings is 1. The number of halogens is 1. The zero-order valence-corrected chi connectivity index (χ0v) is 14.0. The van der Waals surface area contributed by atoms with Crippen LogP contribution in [-0.2, 0) is 5.75 Å². The van der Waals surface area contributed by atoms with Gasteiger partial charge in [-0.05, 0) is 36.6 Å². The molecule has 0 radical (unpaired) electrons. The first-order valence-electron chi connectivity index (χ1n) is 7.55. The Bertz CT molecular complexity index is 797. The molecule has 1 saturated carbocycles. The van der Waals surface area contributed by atoms with Gasteiger partial charge < -0.3 is 0 Å². The van der Waals surface area contributed by atoms with Gasteiger partial charge in [0.25, 0.3) is 0 Å². The van der Waals surface area contributed by atoms with E-state index >= 15 is 0 Å². The molecular formula is C17H15ClN4S. The maximum Gasteiger partial charge on any atom is 0.209 e. The van der Waals surface area contributed by atoms with Crippen LogP contribution in [0.1, 0.15) is 30.1 Å². The molecule has 0 aliphatic heterocycles. The van der Waals surface area contributed by atoms with Crippen LogP contribution in [-0.4, -0.2) is 19.7 Å². The zero-order chi connectivity index (χ0) is 15.6. The number of hydrogen-bond acceptors (Lipinski definition) is 4. The lowest BCUT2D eigenvalue weighted by Gasteiger charge is -2.03. The van der Waals surface area contributed by atoms with Crippen molar-refractivity contribution in [3.8, 4) is 5.69 Å². The van der Waals surface area contributed by atoms with Crippen molar-refractivity contribution in [1.82, 2.24) is 19.7 Å². The highest BCUT2D eigenvalue weighted by molar-refractivity contribution is 7.98. The molecule has 6 heteroatoms. The Balaban J connectivity index is 1.56. The van der Waals surface area contributed by atoms with Gasteiger partial charge in [0.2, 0.25) is 5.16 Å². The molecule has 1 aromatic carbocycles. The summed E-state index contributed by atoms with van der Waals surface area (Å²) in [6.45, 7) is 0. The fourth-order valence-electron chi connectivity index (χ4n) is 2.37. The fraction of sp³-hybridized carbons (Fsp3) is 0.235. The SMILES string of the molecule is Clc1ccc(CSc2nc(C3CC3)n(-c3ccccc3)n2)cn1. The molecule has 1 aliphatic rings. The van der Waals surface area contributed by atoms with E-state index < -0.39 is 0 Å². The summed E-state index contributed by atoms with van der Waals surface area (Å²) in [6, 6.07) is 14.0. The largest absolute Gasteiger partial charge is 0.244 e. The summed E-state index contributed by atoms with van der Waals surface area (Å²) < 4.78 is 1.99. The van der Waals surface area contributed by atoms with Crippen LogP contribution in [0.25, 0.3) is 5.69 Å². The molecule has 0 unspecified atom stereocenters. The fourth-order valence-corrected chi connectivity index (χ4v) is 3.25. The van der Waals surface area contributed by atoms with Crippen molar-refractivity contribution in [3.63, 3.8) is 0 Å². The zero-order valence-electron chi connectivity index (χ0n) is 12.4. The van der Waals surface area contributed by atoms with Crippen LogP contribution in [0.5, 0.6) is 0 Å². The number of aromatic nitrogens is 4. The minimum absolute atomic E-state index is 0.515. The average molecular weight is 343 g/mol. The summed E-state index contributed by atoms with van der Waals surface area (Å²) in [4.78, 5) is 8.86. The predicted molar refractivity (Wildman–Crippen MR) is 92.1 cm³/mol. The third-order valence-electron chi connectivity index (χ3n) is 3.71. The molecule has 0 saturated heterocycles. The lowest BCUT2D eigenvalue weighted by Crippen LogP contribution is -2.01. The topological polar surface area (TPSA) is 43.6 Å². The van der Waals surface area contributed by atoms with Gasteiger partial charge in [-0.25, -0.2) is 14.6 Å². The Morgan fingerprint density at radius 1 is 1.13 bits per heavy atom. The number of benzene rings is 1. The van der Waals surface area contributed by atoms with Crippen molar-refractivity contribution in [2.45, 2.75) is 29.7 Å². The van der Waals surface area contributed by atoms with Crippen LogP contribution in [0.2, 0.25) is 5.15 Å². The molecule has 4 rings (SSSR count). The highest BCUT2D eigenvalue weighted by atomic mass is 35.5. The standard InChI is InChI=1S/C17H15ClN4S/c18-15-9-6-12(10-19-15)11-23-17-20-16(13-7-8-13)22(21-17)14-4-2-1-3-5-14/h1-6,9-10,13H,7-8,11H2. The summed E-state index contributed by atoms with van der Waals surface area (Å²) >= 11 is 7.44. The highest BCUT2D eigenvalue weighted by Gasteiger charge is 2.30. The van der Waals surface area contributed by atoms with E-state index in [1.54, 1.807) is 18.0 Å². The molecule has 0 spiro atoms. The smallest absolute Gasteiger partial charge is 0.209 e. The molecular weight excluding hydrogens is 328 g/mol. The maximum atomic E-state index is 5.82. The van der Waals surface area contributed by atoms with E-state index in [2.05, 4.69) is 17.1 Å². The van der Waals surface area contributed by atoms with Crippen molar-refractivity contribution in [1.29, 1.82) is 0 Å². The Kier molecular flexibility index (Phi) is 4.06. The van der Waals surface area contributed by atoms with Gasteiger partial charge in [-0.15, -0.1) is 5.10 Å². The third kappa shape index (κ3) is 3.41.